The van der Waals surface area contributed by atoms with Crippen molar-refractivity contribution in [1.29, 1.82) is 0 Å². The summed E-state index contributed by atoms with van der Waals surface area (Å²) in [6, 6.07) is 9.94. The van der Waals surface area contributed by atoms with Crippen LogP contribution in [0.3, 0.4) is 0 Å². The number of hydrogen-bond donors (Lipinski definition) is 1. The molecule has 1 atom stereocenters. The van der Waals surface area contributed by atoms with Crippen molar-refractivity contribution < 1.29 is 9.84 Å². The van der Waals surface area contributed by atoms with Crippen LogP contribution >= 0.6 is 0 Å². The Hall–Kier alpha value is -1.30. The molecular weight excluding hydrogens is 350 g/mol. The van der Waals surface area contributed by atoms with Gasteiger partial charge in [0.15, 0.2) is 0 Å². The van der Waals surface area contributed by atoms with Crippen LogP contribution in [0.15, 0.2) is 24.3 Å². The topological polar surface area (TPSA) is 39.2 Å². The minimum absolute atomic E-state index is 0.372. The average Bonchev–Trinajstić information content (AvgIpc) is 2.79. The molecule has 0 aromatic heterocycles. The van der Waals surface area contributed by atoms with E-state index in [1.165, 1.54) is 70.4 Å². The Kier molecular flexibility index (Phi) is 6.76. The Morgan fingerprint density at radius 1 is 0.929 bits per heavy atom. The molecule has 0 saturated carbocycles. The van der Waals surface area contributed by atoms with Crippen molar-refractivity contribution in [3.05, 3.63) is 24.3 Å². The molecule has 0 bridgehead atoms. The highest BCUT2D eigenvalue weighted by Gasteiger charge is 2.32. The standard InChI is InChI=1S/C23H37N3O2/c1-28-23-6-2-4-21(16-23)24-14-9-20(10-15-24)26-11-3-5-22(17-26)25-12-7-19(18-27)8-13-25/h2,4,6,16,19-20,22,27H,3,5,7-15,17-18H2,1H3. The van der Waals surface area contributed by atoms with Crippen molar-refractivity contribution >= 4 is 5.69 Å². The zero-order valence-corrected chi connectivity index (χ0v) is 17.4. The van der Waals surface area contributed by atoms with Crippen molar-refractivity contribution in [3.8, 4) is 5.75 Å². The fraction of sp³-hybridized carbons (Fsp3) is 0.739. The number of nitrogens with zero attached hydrogens (tertiary/aromatic N) is 3. The predicted molar refractivity (Wildman–Crippen MR) is 114 cm³/mol. The lowest BCUT2D eigenvalue weighted by Gasteiger charge is -2.46. The van der Waals surface area contributed by atoms with E-state index in [1.807, 2.05) is 6.07 Å². The molecule has 0 aliphatic carbocycles. The number of methoxy groups -OCH3 is 1. The number of aliphatic hydroxyl groups is 1. The van der Waals surface area contributed by atoms with Crippen LogP contribution in [0.1, 0.15) is 38.5 Å². The molecule has 156 valence electrons. The molecule has 3 fully saturated rings. The summed E-state index contributed by atoms with van der Waals surface area (Å²) < 4.78 is 5.39. The second-order valence-corrected chi connectivity index (χ2v) is 8.87. The first-order valence-electron chi connectivity index (χ1n) is 11.2. The first-order chi connectivity index (χ1) is 13.8. The lowest BCUT2D eigenvalue weighted by Crippen LogP contribution is -2.54. The fourth-order valence-electron chi connectivity index (χ4n) is 5.41. The third kappa shape index (κ3) is 4.64. The molecule has 1 aromatic rings. The van der Waals surface area contributed by atoms with Gasteiger partial charge in [-0.15, -0.1) is 0 Å². The van der Waals surface area contributed by atoms with E-state index in [0.29, 0.717) is 12.5 Å². The van der Waals surface area contributed by atoms with Crippen LogP contribution in [0.2, 0.25) is 0 Å². The molecule has 28 heavy (non-hydrogen) atoms. The average molecular weight is 388 g/mol. The van der Waals surface area contributed by atoms with Gasteiger partial charge in [0.05, 0.1) is 7.11 Å². The maximum atomic E-state index is 9.40. The molecule has 1 aromatic carbocycles. The molecule has 5 nitrogen and oxygen atoms in total. The summed E-state index contributed by atoms with van der Waals surface area (Å²) >= 11 is 0. The zero-order valence-electron chi connectivity index (χ0n) is 17.4. The summed E-state index contributed by atoms with van der Waals surface area (Å²) in [5.74, 6) is 1.49. The van der Waals surface area contributed by atoms with Crippen molar-refractivity contribution in [1.82, 2.24) is 9.80 Å². The zero-order chi connectivity index (χ0) is 19.3. The molecule has 1 unspecified atom stereocenters. The highest BCUT2D eigenvalue weighted by atomic mass is 16.5. The summed E-state index contributed by atoms with van der Waals surface area (Å²) in [4.78, 5) is 8.01. The first-order valence-corrected chi connectivity index (χ1v) is 11.2. The Labute approximate surface area is 170 Å². The van der Waals surface area contributed by atoms with E-state index in [4.69, 9.17) is 4.74 Å². The number of benzene rings is 1. The summed E-state index contributed by atoms with van der Waals surface area (Å²) in [5, 5.41) is 9.40. The molecule has 0 radical (unpaired) electrons. The van der Waals surface area contributed by atoms with Crippen LogP contribution in [-0.4, -0.2) is 80.0 Å². The van der Waals surface area contributed by atoms with Crippen molar-refractivity contribution in [2.24, 2.45) is 5.92 Å². The van der Waals surface area contributed by atoms with Gasteiger partial charge in [0.25, 0.3) is 0 Å². The number of ether oxygens (including phenoxy) is 1. The number of piperidine rings is 3. The van der Waals surface area contributed by atoms with Gasteiger partial charge in [-0.25, -0.2) is 0 Å². The van der Waals surface area contributed by atoms with E-state index in [-0.39, 0.29) is 0 Å². The minimum atomic E-state index is 0.372. The quantitative estimate of drug-likeness (QED) is 0.841. The number of anilines is 1. The number of likely N-dealkylation sites (tertiary alicyclic amines) is 2. The second kappa shape index (κ2) is 9.47. The van der Waals surface area contributed by atoms with E-state index < -0.39 is 0 Å². The number of aliphatic hydroxyl groups excluding tert-OH is 1. The van der Waals surface area contributed by atoms with Gasteiger partial charge in [-0.2, -0.15) is 0 Å². The fourth-order valence-corrected chi connectivity index (χ4v) is 5.41. The summed E-state index contributed by atoms with van der Waals surface area (Å²) in [5.41, 5.74) is 1.29. The van der Waals surface area contributed by atoms with Gasteiger partial charge in [0, 0.05) is 50.1 Å². The molecule has 4 rings (SSSR count). The van der Waals surface area contributed by atoms with Crippen LogP contribution in [0, 0.1) is 5.92 Å². The van der Waals surface area contributed by atoms with Crippen molar-refractivity contribution in [3.63, 3.8) is 0 Å². The van der Waals surface area contributed by atoms with Gasteiger partial charge in [-0.05, 0) is 76.2 Å². The molecule has 3 aliphatic rings. The third-order valence-electron chi connectivity index (χ3n) is 7.25. The summed E-state index contributed by atoms with van der Waals surface area (Å²) in [6.07, 6.45) is 7.55. The molecule has 3 heterocycles. The van der Waals surface area contributed by atoms with Gasteiger partial charge in [0.2, 0.25) is 0 Å². The van der Waals surface area contributed by atoms with Crippen LogP contribution in [0.4, 0.5) is 5.69 Å². The Morgan fingerprint density at radius 2 is 1.71 bits per heavy atom. The van der Waals surface area contributed by atoms with Crippen LogP contribution < -0.4 is 9.64 Å². The lowest BCUT2D eigenvalue weighted by atomic mass is 9.93. The van der Waals surface area contributed by atoms with Crippen LogP contribution in [-0.2, 0) is 0 Å². The SMILES string of the molecule is COc1cccc(N2CCC(N3CCCC(N4CCC(CO)CC4)C3)CC2)c1. The van der Waals surface area contributed by atoms with Gasteiger partial charge in [0.1, 0.15) is 5.75 Å². The Bertz CT molecular complexity index is 610. The summed E-state index contributed by atoms with van der Waals surface area (Å²) in [6.45, 7) is 7.52. The third-order valence-corrected chi connectivity index (χ3v) is 7.25. The molecule has 0 amide bonds. The van der Waals surface area contributed by atoms with Gasteiger partial charge in [-0.1, -0.05) is 6.07 Å². The monoisotopic (exact) mass is 387 g/mol. The Balaban J connectivity index is 1.28. The molecule has 0 spiro atoms. The van der Waals surface area contributed by atoms with Gasteiger partial charge in [-0.3, -0.25) is 9.80 Å². The molecule has 3 saturated heterocycles. The van der Waals surface area contributed by atoms with Crippen LogP contribution in [0.25, 0.3) is 0 Å². The van der Waals surface area contributed by atoms with Crippen LogP contribution in [0.5, 0.6) is 5.75 Å². The predicted octanol–water partition coefficient (Wildman–Crippen LogP) is 2.83. The Morgan fingerprint density at radius 3 is 2.43 bits per heavy atom. The normalized spacial score (nSPS) is 26.5. The van der Waals surface area contributed by atoms with Crippen molar-refractivity contribution in [2.45, 2.75) is 50.6 Å². The number of rotatable bonds is 5. The highest BCUT2D eigenvalue weighted by molar-refractivity contribution is 5.51. The van der Waals surface area contributed by atoms with Crippen molar-refractivity contribution in [2.75, 3.05) is 57.9 Å². The largest absolute Gasteiger partial charge is 0.497 e. The first kappa shape index (κ1) is 20.0. The maximum absolute atomic E-state index is 9.40. The molecule has 1 N–H and O–H groups in total. The molecule has 3 aliphatic heterocycles. The van der Waals surface area contributed by atoms with E-state index in [1.54, 1.807) is 7.11 Å². The highest BCUT2D eigenvalue weighted by Crippen LogP contribution is 2.29. The van der Waals surface area contributed by atoms with E-state index in [2.05, 4.69) is 32.9 Å². The lowest BCUT2D eigenvalue weighted by molar-refractivity contribution is 0.0368. The van der Waals surface area contributed by atoms with E-state index in [9.17, 15) is 5.11 Å². The minimum Gasteiger partial charge on any atom is -0.497 e. The second-order valence-electron chi connectivity index (χ2n) is 8.87. The maximum Gasteiger partial charge on any atom is 0.120 e. The summed E-state index contributed by atoms with van der Waals surface area (Å²) in [7, 11) is 1.74. The van der Waals surface area contributed by atoms with Gasteiger partial charge < -0.3 is 14.7 Å². The van der Waals surface area contributed by atoms with Gasteiger partial charge >= 0.3 is 0 Å². The molecule has 5 heteroatoms. The van der Waals surface area contributed by atoms with E-state index >= 15 is 0 Å². The smallest absolute Gasteiger partial charge is 0.120 e. The molecular formula is C23H37N3O2. The van der Waals surface area contributed by atoms with E-state index in [0.717, 1.165) is 30.9 Å². The number of hydrogen-bond acceptors (Lipinski definition) is 5.